The number of benzene rings is 2. The summed E-state index contributed by atoms with van der Waals surface area (Å²) >= 11 is 6.29. The zero-order valence-electron chi connectivity index (χ0n) is 10.6. The van der Waals surface area contributed by atoms with Crippen LogP contribution >= 0.6 is 11.6 Å². The van der Waals surface area contributed by atoms with Crippen LogP contribution in [0.1, 0.15) is 38.8 Å². The molecule has 0 radical (unpaired) electrons. The number of halogens is 1. The summed E-state index contributed by atoms with van der Waals surface area (Å²) in [6.45, 7) is 0. The molecule has 0 bridgehead atoms. The summed E-state index contributed by atoms with van der Waals surface area (Å²) in [6, 6.07) is 15.5. The fraction of sp³-hybridized carbons (Fsp3) is 0.235. The third-order valence-corrected chi connectivity index (χ3v) is 4.16. The van der Waals surface area contributed by atoms with E-state index in [0.717, 1.165) is 24.0 Å². The van der Waals surface area contributed by atoms with Gasteiger partial charge in [-0.2, -0.15) is 0 Å². The van der Waals surface area contributed by atoms with E-state index in [2.05, 4.69) is 6.07 Å². The predicted octanol–water partition coefficient (Wildman–Crippen LogP) is 4.34. The molecule has 3 rings (SSSR count). The van der Waals surface area contributed by atoms with Crippen LogP contribution in [0.3, 0.4) is 0 Å². The lowest BCUT2D eigenvalue weighted by molar-refractivity contribution is 0.0987. The highest BCUT2D eigenvalue weighted by Crippen LogP contribution is 2.28. The first-order chi connectivity index (χ1) is 9.25. The third-order valence-electron chi connectivity index (χ3n) is 3.71. The van der Waals surface area contributed by atoms with Gasteiger partial charge in [0, 0.05) is 5.56 Å². The fourth-order valence-corrected chi connectivity index (χ4v) is 2.92. The summed E-state index contributed by atoms with van der Waals surface area (Å²) < 4.78 is 0. The van der Waals surface area contributed by atoms with E-state index < -0.39 is 5.38 Å². The molecule has 1 atom stereocenters. The molecule has 19 heavy (non-hydrogen) atoms. The number of hydrogen-bond acceptors (Lipinski definition) is 1. The van der Waals surface area contributed by atoms with Crippen molar-refractivity contribution in [3.63, 3.8) is 0 Å². The van der Waals surface area contributed by atoms with Gasteiger partial charge >= 0.3 is 0 Å². The summed E-state index contributed by atoms with van der Waals surface area (Å²) in [5.41, 5.74) is 4.27. The lowest BCUT2D eigenvalue weighted by Crippen LogP contribution is -2.08. The SMILES string of the molecule is O=C(c1ccc2c(c1)CCC2)C(Cl)c1ccccc1. The van der Waals surface area contributed by atoms with Crippen LogP contribution < -0.4 is 0 Å². The predicted molar refractivity (Wildman–Crippen MR) is 77.8 cm³/mol. The standard InChI is InChI=1S/C17H15ClO/c18-16(13-5-2-1-3-6-13)17(19)15-10-9-12-7-4-8-14(12)11-15/h1-3,5-6,9-11,16H,4,7-8H2. The Bertz CT molecular complexity index is 604. The number of rotatable bonds is 3. The molecule has 2 heteroatoms. The van der Waals surface area contributed by atoms with Crippen molar-refractivity contribution in [1.82, 2.24) is 0 Å². The molecule has 0 N–H and O–H groups in total. The maximum absolute atomic E-state index is 12.4. The topological polar surface area (TPSA) is 17.1 Å². The van der Waals surface area contributed by atoms with Gasteiger partial charge in [-0.1, -0.05) is 42.5 Å². The smallest absolute Gasteiger partial charge is 0.185 e. The van der Waals surface area contributed by atoms with Gasteiger partial charge in [0.1, 0.15) is 5.38 Å². The van der Waals surface area contributed by atoms with Crippen molar-refractivity contribution in [2.45, 2.75) is 24.6 Å². The Balaban J connectivity index is 1.88. The molecule has 0 saturated heterocycles. The molecule has 96 valence electrons. The molecular formula is C17H15ClO. The number of carbonyl (C=O) groups excluding carboxylic acids is 1. The maximum Gasteiger partial charge on any atom is 0.185 e. The Morgan fingerprint density at radius 1 is 1.00 bits per heavy atom. The van der Waals surface area contributed by atoms with Crippen LogP contribution in [0.5, 0.6) is 0 Å². The quantitative estimate of drug-likeness (QED) is 0.599. The number of aryl methyl sites for hydroxylation is 2. The summed E-state index contributed by atoms with van der Waals surface area (Å²) in [6.07, 6.45) is 3.40. The van der Waals surface area contributed by atoms with E-state index in [1.54, 1.807) is 0 Å². The van der Waals surface area contributed by atoms with Crippen molar-refractivity contribution >= 4 is 17.4 Å². The summed E-state index contributed by atoms with van der Waals surface area (Å²) in [5.74, 6) is -0.0115. The molecule has 0 saturated carbocycles. The third kappa shape index (κ3) is 2.43. The lowest BCUT2D eigenvalue weighted by atomic mass is 9.99. The second kappa shape index (κ2) is 5.18. The van der Waals surface area contributed by atoms with Gasteiger partial charge in [0.05, 0.1) is 0 Å². The van der Waals surface area contributed by atoms with Gasteiger partial charge in [-0.15, -0.1) is 11.6 Å². The van der Waals surface area contributed by atoms with Gasteiger partial charge in [0.25, 0.3) is 0 Å². The second-order valence-electron chi connectivity index (χ2n) is 4.97. The number of alkyl halides is 1. The molecule has 1 aliphatic rings. The van der Waals surface area contributed by atoms with Gasteiger partial charge in [-0.25, -0.2) is 0 Å². The van der Waals surface area contributed by atoms with Crippen molar-refractivity contribution < 1.29 is 4.79 Å². The van der Waals surface area contributed by atoms with Gasteiger partial charge in [-0.05, 0) is 42.0 Å². The maximum atomic E-state index is 12.4. The molecule has 0 amide bonds. The minimum absolute atomic E-state index is 0.0115. The molecule has 0 spiro atoms. The zero-order valence-corrected chi connectivity index (χ0v) is 11.4. The first-order valence-electron chi connectivity index (χ1n) is 6.61. The van der Waals surface area contributed by atoms with E-state index in [1.165, 1.54) is 17.5 Å². The first-order valence-corrected chi connectivity index (χ1v) is 7.04. The van der Waals surface area contributed by atoms with E-state index >= 15 is 0 Å². The average Bonchev–Trinajstić information content (AvgIpc) is 2.94. The van der Waals surface area contributed by atoms with Crippen LogP contribution in [-0.2, 0) is 12.8 Å². The Labute approximate surface area is 118 Å². The van der Waals surface area contributed by atoms with Gasteiger partial charge in [0.15, 0.2) is 5.78 Å². The highest BCUT2D eigenvalue weighted by Gasteiger charge is 2.21. The normalized spacial score (nSPS) is 15.0. The molecule has 2 aromatic carbocycles. The lowest BCUT2D eigenvalue weighted by Gasteiger charge is -2.10. The van der Waals surface area contributed by atoms with Crippen molar-refractivity contribution in [3.05, 3.63) is 70.8 Å². The Hall–Kier alpha value is -1.60. The van der Waals surface area contributed by atoms with Crippen LogP contribution in [0.25, 0.3) is 0 Å². The van der Waals surface area contributed by atoms with E-state index in [4.69, 9.17) is 11.6 Å². The van der Waals surface area contributed by atoms with Crippen molar-refractivity contribution in [2.24, 2.45) is 0 Å². The Morgan fingerprint density at radius 3 is 2.53 bits per heavy atom. The molecule has 1 unspecified atom stereocenters. The minimum atomic E-state index is -0.597. The van der Waals surface area contributed by atoms with Crippen LogP contribution in [0.15, 0.2) is 48.5 Å². The summed E-state index contributed by atoms with van der Waals surface area (Å²) in [5, 5.41) is -0.597. The largest absolute Gasteiger partial charge is 0.292 e. The summed E-state index contributed by atoms with van der Waals surface area (Å²) in [4.78, 5) is 12.4. The van der Waals surface area contributed by atoms with Crippen molar-refractivity contribution in [1.29, 1.82) is 0 Å². The molecule has 0 heterocycles. The highest BCUT2D eigenvalue weighted by molar-refractivity contribution is 6.33. The number of carbonyl (C=O) groups is 1. The number of Topliss-reactive ketones (excluding diaryl/α,β-unsaturated/α-hetero) is 1. The molecule has 2 aromatic rings. The highest BCUT2D eigenvalue weighted by atomic mass is 35.5. The molecule has 1 aliphatic carbocycles. The van der Waals surface area contributed by atoms with Gasteiger partial charge < -0.3 is 0 Å². The number of fused-ring (bicyclic) bond motifs is 1. The van der Waals surface area contributed by atoms with Crippen molar-refractivity contribution in [3.8, 4) is 0 Å². The molecular weight excluding hydrogens is 256 g/mol. The van der Waals surface area contributed by atoms with Crippen LogP contribution in [0, 0.1) is 0 Å². The van der Waals surface area contributed by atoms with E-state index in [9.17, 15) is 4.79 Å². The zero-order chi connectivity index (χ0) is 13.2. The van der Waals surface area contributed by atoms with Crippen molar-refractivity contribution in [2.75, 3.05) is 0 Å². The molecule has 0 fully saturated rings. The first kappa shape index (κ1) is 12.4. The molecule has 0 aliphatic heterocycles. The molecule has 0 aromatic heterocycles. The average molecular weight is 271 g/mol. The van der Waals surface area contributed by atoms with E-state index in [-0.39, 0.29) is 5.78 Å². The van der Waals surface area contributed by atoms with Gasteiger partial charge in [0.2, 0.25) is 0 Å². The number of ketones is 1. The van der Waals surface area contributed by atoms with Crippen LogP contribution in [-0.4, -0.2) is 5.78 Å². The second-order valence-corrected chi connectivity index (χ2v) is 5.41. The summed E-state index contributed by atoms with van der Waals surface area (Å²) in [7, 11) is 0. The Morgan fingerprint density at radius 2 is 1.74 bits per heavy atom. The monoisotopic (exact) mass is 270 g/mol. The van der Waals surface area contributed by atoms with E-state index in [1.807, 2.05) is 42.5 Å². The fourth-order valence-electron chi connectivity index (χ4n) is 2.64. The Kier molecular flexibility index (Phi) is 3.39. The minimum Gasteiger partial charge on any atom is -0.292 e. The molecule has 1 nitrogen and oxygen atoms in total. The van der Waals surface area contributed by atoms with E-state index in [0.29, 0.717) is 0 Å². The number of hydrogen-bond donors (Lipinski definition) is 0. The van der Waals surface area contributed by atoms with Gasteiger partial charge in [-0.3, -0.25) is 4.79 Å². The van der Waals surface area contributed by atoms with Crippen LogP contribution in [0.4, 0.5) is 0 Å². The van der Waals surface area contributed by atoms with Crippen LogP contribution in [0.2, 0.25) is 0 Å².